The number of methoxy groups -OCH3 is 3. The molecule has 8 heteroatoms. The lowest BCUT2D eigenvalue weighted by atomic mass is 9.98. The van der Waals surface area contributed by atoms with Crippen LogP contribution in [0.5, 0.6) is 17.2 Å². The lowest BCUT2D eigenvalue weighted by Crippen LogP contribution is -2.35. The zero-order valence-electron chi connectivity index (χ0n) is 21.4. The zero-order valence-corrected chi connectivity index (χ0v) is 21.4. The second-order valence-electron chi connectivity index (χ2n) is 8.88. The Bertz CT molecular complexity index is 1490. The van der Waals surface area contributed by atoms with E-state index in [9.17, 15) is 9.59 Å². The number of hydrogen-bond acceptors (Lipinski definition) is 6. The molecule has 1 aromatic heterocycles. The third kappa shape index (κ3) is 5.06. The summed E-state index contributed by atoms with van der Waals surface area (Å²) in [5.74, 6) is 2.29. The minimum absolute atomic E-state index is 0.181. The average Bonchev–Trinajstić information content (AvgIpc) is 3.46. The highest BCUT2D eigenvalue weighted by Gasteiger charge is 2.26. The predicted octanol–water partition coefficient (Wildman–Crippen LogP) is 5.42. The van der Waals surface area contributed by atoms with Crippen molar-refractivity contribution in [2.45, 2.75) is 13.0 Å². The first-order valence-electron chi connectivity index (χ1n) is 12.2. The van der Waals surface area contributed by atoms with Crippen LogP contribution in [0.1, 0.15) is 32.0 Å². The monoisotopic (exact) mass is 512 g/mol. The fourth-order valence-electron chi connectivity index (χ4n) is 4.54. The number of ether oxygens (including phenoxy) is 3. The number of rotatable bonds is 7. The van der Waals surface area contributed by atoms with E-state index in [-0.39, 0.29) is 17.6 Å². The Labute approximate surface area is 220 Å². The number of nitrogens with zero attached hydrogens (tertiary/aromatic N) is 1. The van der Waals surface area contributed by atoms with Crippen molar-refractivity contribution < 1.29 is 28.2 Å². The average molecular weight is 513 g/mol. The van der Waals surface area contributed by atoms with E-state index < -0.39 is 0 Å². The molecule has 8 nitrogen and oxygen atoms in total. The van der Waals surface area contributed by atoms with Crippen molar-refractivity contribution in [1.29, 1.82) is 0 Å². The van der Waals surface area contributed by atoms with Gasteiger partial charge in [0, 0.05) is 29.9 Å². The summed E-state index contributed by atoms with van der Waals surface area (Å²) < 4.78 is 22.0. The van der Waals surface area contributed by atoms with Crippen LogP contribution >= 0.6 is 0 Å². The number of anilines is 1. The third-order valence-electron chi connectivity index (χ3n) is 6.56. The molecule has 3 aromatic carbocycles. The van der Waals surface area contributed by atoms with Crippen molar-refractivity contribution in [2.24, 2.45) is 0 Å². The van der Waals surface area contributed by atoms with Crippen molar-refractivity contribution in [1.82, 2.24) is 4.90 Å². The van der Waals surface area contributed by atoms with E-state index >= 15 is 0 Å². The second-order valence-corrected chi connectivity index (χ2v) is 8.88. The zero-order chi connectivity index (χ0) is 26.6. The fourth-order valence-corrected chi connectivity index (χ4v) is 4.54. The van der Waals surface area contributed by atoms with Crippen molar-refractivity contribution in [2.75, 3.05) is 33.2 Å². The van der Waals surface area contributed by atoms with Crippen LogP contribution in [-0.4, -0.2) is 44.6 Å². The number of benzene rings is 3. The van der Waals surface area contributed by atoms with Crippen molar-refractivity contribution >= 4 is 17.5 Å². The summed E-state index contributed by atoms with van der Waals surface area (Å²) in [5.41, 5.74) is 4.00. The molecule has 5 rings (SSSR count). The highest BCUT2D eigenvalue weighted by Crippen LogP contribution is 2.34. The smallest absolute Gasteiger partial charge is 0.289 e. The summed E-state index contributed by atoms with van der Waals surface area (Å²) in [7, 11) is 4.77. The number of furan rings is 1. The Morgan fingerprint density at radius 2 is 1.61 bits per heavy atom. The molecule has 0 unspecified atom stereocenters. The van der Waals surface area contributed by atoms with Crippen molar-refractivity contribution in [3.05, 3.63) is 95.2 Å². The quantitative estimate of drug-likeness (QED) is 0.356. The molecule has 38 heavy (non-hydrogen) atoms. The van der Waals surface area contributed by atoms with Crippen LogP contribution < -0.4 is 19.5 Å². The molecule has 2 heterocycles. The van der Waals surface area contributed by atoms with Gasteiger partial charge in [0.15, 0.2) is 17.3 Å². The third-order valence-corrected chi connectivity index (χ3v) is 6.56. The summed E-state index contributed by atoms with van der Waals surface area (Å²) in [6, 6.07) is 21.6. The van der Waals surface area contributed by atoms with Gasteiger partial charge in [-0.05, 0) is 72.1 Å². The molecule has 0 atom stereocenters. The van der Waals surface area contributed by atoms with E-state index in [0.717, 1.165) is 16.7 Å². The van der Waals surface area contributed by atoms with Gasteiger partial charge in [0.05, 0.1) is 21.3 Å². The van der Waals surface area contributed by atoms with E-state index in [2.05, 4.69) is 5.32 Å². The number of carbonyl (C=O) groups excluding carboxylic acids is 2. The van der Waals surface area contributed by atoms with Gasteiger partial charge in [-0.25, -0.2) is 0 Å². The summed E-state index contributed by atoms with van der Waals surface area (Å²) in [4.78, 5) is 27.7. The molecule has 0 saturated heterocycles. The van der Waals surface area contributed by atoms with E-state index in [1.807, 2.05) is 30.3 Å². The largest absolute Gasteiger partial charge is 0.497 e. The van der Waals surface area contributed by atoms with Crippen molar-refractivity contribution in [3.63, 3.8) is 0 Å². The van der Waals surface area contributed by atoms with Crippen LogP contribution in [0.15, 0.2) is 77.2 Å². The molecule has 1 N–H and O–H groups in total. The van der Waals surface area contributed by atoms with Crippen LogP contribution in [0.2, 0.25) is 0 Å². The van der Waals surface area contributed by atoms with Crippen LogP contribution in [0.4, 0.5) is 5.69 Å². The molecule has 1 aliphatic rings. The van der Waals surface area contributed by atoms with Gasteiger partial charge in [0.25, 0.3) is 11.8 Å². The van der Waals surface area contributed by atoms with Crippen LogP contribution in [-0.2, 0) is 13.0 Å². The molecule has 194 valence electrons. The Kier molecular flexibility index (Phi) is 7.04. The number of carbonyl (C=O) groups is 2. The van der Waals surface area contributed by atoms with E-state index in [1.165, 1.54) is 0 Å². The van der Waals surface area contributed by atoms with E-state index in [0.29, 0.717) is 53.8 Å². The molecular formula is C30H28N2O6. The molecule has 0 radical (unpaired) electrons. The molecule has 0 fully saturated rings. The minimum atomic E-state index is -0.254. The highest BCUT2D eigenvalue weighted by molar-refractivity contribution is 6.04. The molecule has 2 amide bonds. The highest BCUT2D eigenvalue weighted by atomic mass is 16.5. The fraction of sp³-hybridized carbons (Fsp3) is 0.200. The summed E-state index contributed by atoms with van der Waals surface area (Å²) in [6.45, 7) is 1.03. The lowest BCUT2D eigenvalue weighted by Gasteiger charge is -2.29. The SMILES string of the molecule is COc1cccc(C(=O)Nc2cccc(-c3ccc(C(=O)N4CCc5cc(OC)c(OC)cc5C4)o3)c2)c1. The van der Waals surface area contributed by atoms with Crippen LogP contribution in [0.25, 0.3) is 11.3 Å². The first-order valence-corrected chi connectivity index (χ1v) is 12.2. The van der Waals surface area contributed by atoms with Gasteiger partial charge >= 0.3 is 0 Å². The molecule has 0 bridgehead atoms. The Hall–Kier alpha value is -4.72. The van der Waals surface area contributed by atoms with Gasteiger partial charge in [-0.2, -0.15) is 0 Å². The topological polar surface area (TPSA) is 90.2 Å². The molecule has 4 aromatic rings. The van der Waals surface area contributed by atoms with Gasteiger partial charge in [-0.15, -0.1) is 0 Å². The predicted molar refractivity (Wildman–Crippen MR) is 143 cm³/mol. The number of fused-ring (bicyclic) bond motifs is 1. The summed E-state index contributed by atoms with van der Waals surface area (Å²) >= 11 is 0. The summed E-state index contributed by atoms with van der Waals surface area (Å²) in [5, 5.41) is 2.90. The maximum atomic E-state index is 13.3. The molecule has 0 aliphatic carbocycles. The van der Waals surface area contributed by atoms with Crippen LogP contribution in [0.3, 0.4) is 0 Å². The Balaban J connectivity index is 1.30. The van der Waals surface area contributed by atoms with Gasteiger partial charge in [0.2, 0.25) is 0 Å². The van der Waals surface area contributed by atoms with Crippen LogP contribution in [0, 0.1) is 0 Å². The van der Waals surface area contributed by atoms with Gasteiger partial charge < -0.3 is 28.8 Å². The van der Waals surface area contributed by atoms with Gasteiger partial charge in [-0.3, -0.25) is 9.59 Å². The van der Waals surface area contributed by atoms with E-state index in [1.54, 1.807) is 68.7 Å². The molecule has 1 aliphatic heterocycles. The normalized spacial score (nSPS) is 12.4. The number of nitrogens with one attached hydrogen (secondary N) is 1. The molecule has 0 saturated carbocycles. The molecule has 0 spiro atoms. The molecular weight excluding hydrogens is 484 g/mol. The standard InChI is InChI=1S/C30H28N2O6/c1-35-24-9-5-7-21(15-24)29(33)31-23-8-4-6-20(14-23)25-10-11-26(38-25)30(34)32-13-12-19-16-27(36-2)28(37-3)17-22(19)18-32/h4-11,14-17H,12-13,18H2,1-3H3,(H,31,33). The second kappa shape index (κ2) is 10.7. The Morgan fingerprint density at radius 1 is 0.842 bits per heavy atom. The maximum absolute atomic E-state index is 13.3. The summed E-state index contributed by atoms with van der Waals surface area (Å²) in [6.07, 6.45) is 0.712. The Morgan fingerprint density at radius 3 is 2.37 bits per heavy atom. The first kappa shape index (κ1) is 25.0. The lowest BCUT2D eigenvalue weighted by molar-refractivity contribution is 0.0703. The van der Waals surface area contributed by atoms with E-state index in [4.69, 9.17) is 18.6 Å². The van der Waals surface area contributed by atoms with Gasteiger partial charge in [-0.1, -0.05) is 18.2 Å². The van der Waals surface area contributed by atoms with Crippen molar-refractivity contribution in [3.8, 4) is 28.6 Å². The minimum Gasteiger partial charge on any atom is -0.497 e. The first-order chi connectivity index (χ1) is 18.5. The van der Waals surface area contributed by atoms with Gasteiger partial charge in [0.1, 0.15) is 11.5 Å². The number of hydrogen-bond donors (Lipinski definition) is 1. The number of amides is 2. The maximum Gasteiger partial charge on any atom is 0.289 e.